The zero-order valence-corrected chi connectivity index (χ0v) is 11.0. The fourth-order valence-electron chi connectivity index (χ4n) is 1.37. The van der Waals surface area contributed by atoms with Gasteiger partial charge >= 0.3 is 0 Å². The van der Waals surface area contributed by atoms with E-state index in [0.717, 1.165) is 18.5 Å². The molecular formula is C12H20N2OS. The van der Waals surface area contributed by atoms with Crippen LogP contribution in [-0.2, 0) is 0 Å². The number of hydrogen-bond donors (Lipinski definition) is 1. The van der Waals surface area contributed by atoms with Crippen LogP contribution < -0.4 is 5.32 Å². The van der Waals surface area contributed by atoms with Gasteiger partial charge < -0.3 is 10.2 Å². The van der Waals surface area contributed by atoms with E-state index in [1.807, 2.05) is 16.8 Å². The fourth-order valence-corrected chi connectivity index (χ4v) is 2.01. The molecule has 1 atom stereocenters. The van der Waals surface area contributed by atoms with Crippen molar-refractivity contribution in [2.45, 2.75) is 26.3 Å². The molecule has 0 aliphatic heterocycles. The Morgan fingerprint density at radius 3 is 2.94 bits per heavy atom. The van der Waals surface area contributed by atoms with Gasteiger partial charge in [0.2, 0.25) is 0 Å². The molecule has 1 aromatic rings. The van der Waals surface area contributed by atoms with E-state index >= 15 is 0 Å². The molecule has 0 unspecified atom stereocenters. The number of amides is 1. The fraction of sp³-hybridized carbons (Fsp3) is 0.583. The van der Waals surface area contributed by atoms with E-state index in [4.69, 9.17) is 0 Å². The van der Waals surface area contributed by atoms with Crippen LogP contribution >= 0.6 is 11.3 Å². The number of carbonyl (C=O) groups excluding carboxylic acids is 1. The second-order valence-corrected chi connectivity index (χ2v) is 4.79. The van der Waals surface area contributed by atoms with Gasteiger partial charge in [-0.25, -0.2) is 0 Å². The molecule has 1 aromatic heterocycles. The Bertz CT molecular complexity index is 311. The van der Waals surface area contributed by atoms with Crippen LogP contribution in [0.15, 0.2) is 16.8 Å². The second-order valence-electron chi connectivity index (χ2n) is 4.01. The normalized spacial score (nSPS) is 12.8. The molecule has 1 N–H and O–H groups in total. The lowest BCUT2D eigenvalue weighted by Crippen LogP contribution is -2.36. The maximum Gasteiger partial charge on any atom is 0.252 e. The third-order valence-electron chi connectivity index (χ3n) is 2.88. The van der Waals surface area contributed by atoms with Crippen molar-refractivity contribution in [1.82, 2.24) is 10.2 Å². The van der Waals surface area contributed by atoms with E-state index < -0.39 is 0 Å². The molecule has 0 aromatic carbocycles. The molecule has 0 saturated carbocycles. The highest BCUT2D eigenvalue weighted by Gasteiger charge is 2.08. The van der Waals surface area contributed by atoms with Crippen LogP contribution in [0.5, 0.6) is 0 Å². The van der Waals surface area contributed by atoms with Crippen molar-refractivity contribution in [3.05, 3.63) is 22.4 Å². The Morgan fingerprint density at radius 1 is 1.62 bits per heavy atom. The first kappa shape index (κ1) is 13.2. The molecule has 0 spiro atoms. The molecule has 90 valence electrons. The quantitative estimate of drug-likeness (QED) is 0.827. The standard InChI is InChI=1S/C12H20N2OS/c1-4-10(2)14(3)7-6-13-12(15)11-5-8-16-9-11/h5,8-10H,4,6-7H2,1-3H3,(H,13,15)/t10-/m1/s1. The van der Waals surface area contributed by atoms with Crippen LogP contribution in [0.4, 0.5) is 0 Å². The van der Waals surface area contributed by atoms with Gasteiger partial charge in [-0.2, -0.15) is 11.3 Å². The van der Waals surface area contributed by atoms with Gasteiger partial charge in [-0.1, -0.05) is 6.92 Å². The Hall–Kier alpha value is -0.870. The number of nitrogens with zero attached hydrogens (tertiary/aromatic N) is 1. The summed E-state index contributed by atoms with van der Waals surface area (Å²) in [5.74, 6) is 0.0267. The first-order chi connectivity index (χ1) is 7.65. The summed E-state index contributed by atoms with van der Waals surface area (Å²) in [5.41, 5.74) is 0.760. The predicted molar refractivity (Wildman–Crippen MR) is 69.0 cm³/mol. The van der Waals surface area contributed by atoms with E-state index in [1.165, 1.54) is 0 Å². The van der Waals surface area contributed by atoms with E-state index in [9.17, 15) is 4.79 Å². The van der Waals surface area contributed by atoms with Crippen LogP contribution in [0.1, 0.15) is 30.6 Å². The molecule has 16 heavy (non-hydrogen) atoms. The summed E-state index contributed by atoms with van der Waals surface area (Å²) in [6.07, 6.45) is 1.13. The lowest BCUT2D eigenvalue weighted by Gasteiger charge is -2.23. The number of carbonyl (C=O) groups is 1. The molecular weight excluding hydrogens is 220 g/mol. The predicted octanol–water partition coefficient (Wildman–Crippen LogP) is 2.21. The van der Waals surface area contributed by atoms with Crippen LogP contribution in [0.2, 0.25) is 0 Å². The molecule has 0 saturated heterocycles. The lowest BCUT2D eigenvalue weighted by molar-refractivity contribution is 0.0948. The van der Waals surface area contributed by atoms with E-state index in [2.05, 4.69) is 31.1 Å². The highest BCUT2D eigenvalue weighted by atomic mass is 32.1. The molecule has 0 aliphatic carbocycles. The average molecular weight is 240 g/mol. The number of thiophene rings is 1. The van der Waals surface area contributed by atoms with Crippen molar-refractivity contribution in [1.29, 1.82) is 0 Å². The summed E-state index contributed by atoms with van der Waals surface area (Å²) < 4.78 is 0. The Balaban J connectivity index is 2.23. The SMILES string of the molecule is CC[C@@H](C)N(C)CCNC(=O)c1ccsc1. The van der Waals surface area contributed by atoms with Gasteiger partial charge in [-0.3, -0.25) is 4.79 Å². The Labute approximate surface area is 101 Å². The van der Waals surface area contributed by atoms with Gasteiger partial charge in [-0.15, -0.1) is 0 Å². The van der Waals surface area contributed by atoms with E-state index in [1.54, 1.807) is 11.3 Å². The summed E-state index contributed by atoms with van der Waals surface area (Å²) in [6.45, 7) is 5.96. The highest BCUT2D eigenvalue weighted by molar-refractivity contribution is 7.08. The first-order valence-electron chi connectivity index (χ1n) is 5.65. The first-order valence-corrected chi connectivity index (χ1v) is 6.60. The van der Waals surface area contributed by atoms with Crippen LogP contribution in [0, 0.1) is 0 Å². The molecule has 4 heteroatoms. The molecule has 3 nitrogen and oxygen atoms in total. The summed E-state index contributed by atoms with van der Waals surface area (Å²) in [7, 11) is 2.09. The number of hydrogen-bond acceptors (Lipinski definition) is 3. The monoisotopic (exact) mass is 240 g/mol. The van der Waals surface area contributed by atoms with Gasteiger partial charge in [0.05, 0.1) is 0 Å². The van der Waals surface area contributed by atoms with Crippen molar-refractivity contribution < 1.29 is 4.79 Å². The van der Waals surface area contributed by atoms with Crippen LogP contribution in [0.3, 0.4) is 0 Å². The average Bonchev–Trinajstić information content (AvgIpc) is 2.81. The minimum atomic E-state index is 0.0267. The van der Waals surface area contributed by atoms with Crippen LogP contribution in [-0.4, -0.2) is 37.0 Å². The van der Waals surface area contributed by atoms with E-state index in [-0.39, 0.29) is 5.91 Å². The van der Waals surface area contributed by atoms with Gasteiger partial charge in [0.25, 0.3) is 5.91 Å². The lowest BCUT2D eigenvalue weighted by atomic mass is 10.2. The zero-order valence-electron chi connectivity index (χ0n) is 10.2. The summed E-state index contributed by atoms with van der Waals surface area (Å²) in [5, 5.41) is 6.71. The minimum Gasteiger partial charge on any atom is -0.351 e. The third-order valence-corrected chi connectivity index (χ3v) is 3.56. The summed E-state index contributed by atoms with van der Waals surface area (Å²) >= 11 is 1.54. The second kappa shape index (κ2) is 6.66. The zero-order chi connectivity index (χ0) is 12.0. The Kier molecular flexibility index (Phi) is 5.49. The molecule has 0 fully saturated rings. The Morgan fingerprint density at radius 2 is 2.38 bits per heavy atom. The van der Waals surface area contributed by atoms with E-state index in [0.29, 0.717) is 12.6 Å². The number of nitrogens with one attached hydrogen (secondary N) is 1. The highest BCUT2D eigenvalue weighted by Crippen LogP contribution is 2.05. The van der Waals surface area contributed by atoms with Crippen molar-refractivity contribution in [3.8, 4) is 0 Å². The number of likely N-dealkylation sites (N-methyl/N-ethyl adjacent to an activating group) is 1. The molecule has 0 radical (unpaired) electrons. The number of rotatable bonds is 6. The van der Waals surface area contributed by atoms with Crippen molar-refractivity contribution in [2.24, 2.45) is 0 Å². The minimum absolute atomic E-state index is 0.0267. The maximum absolute atomic E-state index is 11.6. The van der Waals surface area contributed by atoms with Crippen molar-refractivity contribution in [2.75, 3.05) is 20.1 Å². The van der Waals surface area contributed by atoms with Crippen molar-refractivity contribution in [3.63, 3.8) is 0 Å². The van der Waals surface area contributed by atoms with Gasteiger partial charge in [0, 0.05) is 30.1 Å². The molecule has 1 heterocycles. The summed E-state index contributed by atoms with van der Waals surface area (Å²) in [6, 6.07) is 2.41. The smallest absolute Gasteiger partial charge is 0.252 e. The summed E-state index contributed by atoms with van der Waals surface area (Å²) in [4.78, 5) is 13.9. The maximum atomic E-state index is 11.6. The molecule has 0 aliphatic rings. The van der Waals surface area contributed by atoms with Crippen LogP contribution in [0.25, 0.3) is 0 Å². The molecule has 1 amide bonds. The third kappa shape index (κ3) is 3.94. The van der Waals surface area contributed by atoms with Gasteiger partial charge in [0.15, 0.2) is 0 Å². The van der Waals surface area contributed by atoms with Crippen molar-refractivity contribution >= 4 is 17.2 Å². The topological polar surface area (TPSA) is 32.3 Å². The van der Waals surface area contributed by atoms with Gasteiger partial charge in [0.1, 0.15) is 0 Å². The largest absolute Gasteiger partial charge is 0.351 e. The molecule has 1 rings (SSSR count). The molecule has 0 bridgehead atoms. The van der Waals surface area contributed by atoms with Gasteiger partial charge in [-0.05, 0) is 31.8 Å².